The summed E-state index contributed by atoms with van der Waals surface area (Å²) in [6, 6.07) is 22.1. The molecule has 4 aromatic rings. The first-order chi connectivity index (χ1) is 17.4. The zero-order chi connectivity index (χ0) is 24.9. The molecule has 182 valence electrons. The number of para-hydroxylation sites is 2. The van der Waals surface area contributed by atoms with Gasteiger partial charge in [0, 0.05) is 42.7 Å². The summed E-state index contributed by atoms with van der Waals surface area (Å²) in [4.78, 5) is 14.8. The number of rotatable bonds is 4. The van der Waals surface area contributed by atoms with Crippen molar-refractivity contribution in [2.24, 2.45) is 9.98 Å². The highest BCUT2D eigenvalue weighted by Gasteiger charge is 2.29. The number of hydrogen-bond acceptors (Lipinski definition) is 6. The van der Waals surface area contributed by atoms with Gasteiger partial charge in [-0.1, -0.05) is 42.5 Å². The topological polar surface area (TPSA) is 101 Å². The highest BCUT2D eigenvalue weighted by Crippen LogP contribution is 2.40. The van der Waals surface area contributed by atoms with Gasteiger partial charge in [0.2, 0.25) is 10.0 Å². The van der Waals surface area contributed by atoms with Crippen molar-refractivity contribution in [2.45, 2.75) is 4.90 Å². The van der Waals surface area contributed by atoms with Gasteiger partial charge >= 0.3 is 0 Å². The number of nitrogens with one attached hydrogen (secondary N) is 1. The number of nitrogens with zero attached hydrogens (tertiary/aromatic N) is 4. The molecular weight excluding hydrogens is 474 g/mol. The van der Waals surface area contributed by atoms with Crippen molar-refractivity contribution in [2.75, 3.05) is 33.2 Å². The van der Waals surface area contributed by atoms with Crippen LogP contribution in [0.2, 0.25) is 0 Å². The summed E-state index contributed by atoms with van der Waals surface area (Å²) < 4.78 is 28.5. The summed E-state index contributed by atoms with van der Waals surface area (Å²) in [5, 5.41) is 13.2. The molecule has 0 saturated carbocycles. The van der Waals surface area contributed by atoms with E-state index in [-0.39, 0.29) is 10.8 Å². The minimum absolute atomic E-state index is 0.0631. The van der Waals surface area contributed by atoms with E-state index >= 15 is 0 Å². The third-order valence-corrected chi connectivity index (χ3v) is 8.62. The predicted molar refractivity (Wildman–Crippen MR) is 137 cm³/mol. The monoisotopic (exact) mass is 499 g/mol. The lowest BCUT2D eigenvalue weighted by Gasteiger charge is -2.31. The molecule has 2 aliphatic heterocycles. The van der Waals surface area contributed by atoms with Gasteiger partial charge in [0.15, 0.2) is 11.7 Å². The van der Waals surface area contributed by atoms with Crippen molar-refractivity contribution >= 4 is 26.5 Å². The van der Waals surface area contributed by atoms with Crippen LogP contribution >= 0.6 is 0 Å². The fraction of sp³-hybridized carbons (Fsp3) is 0.185. The van der Waals surface area contributed by atoms with Gasteiger partial charge in [0.1, 0.15) is 0 Å². The molecule has 9 heteroatoms. The maximum atomic E-state index is 13.5. The van der Waals surface area contributed by atoms with Crippen molar-refractivity contribution < 1.29 is 13.5 Å². The van der Waals surface area contributed by atoms with Crippen LogP contribution in [-0.2, 0) is 10.0 Å². The molecule has 36 heavy (non-hydrogen) atoms. The molecule has 0 spiro atoms. The van der Waals surface area contributed by atoms with Crippen molar-refractivity contribution in [3.8, 4) is 5.88 Å². The quantitative estimate of drug-likeness (QED) is 0.451. The molecule has 1 saturated heterocycles. The Morgan fingerprint density at radius 2 is 1.53 bits per heavy atom. The maximum Gasteiger partial charge on any atom is 0.243 e. The van der Waals surface area contributed by atoms with Gasteiger partial charge in [-0.2, -0.15) is 4.31 Å². The molecular formula is C27H25N5O3S. The first-order valence-corrected chi connectivity index (χ1v) is 13.2. The maximum absolute atomic E-state index is 13.5. The highest BCUT2D eigenvalue weighted by atomic mass is 32.2. The Hall–Kier alpha value is -3.79. The number of H-pyrrole nitrogens is 1. The molecule has 0 unspecified atom stereocenters. The van der Waals surface area contributed by atoms with Gasteiger partial charge in [-0.25, -0.2) is 18.4 Å². The average molecular weight is 500 g/mol. The molecule has 0 atom stereocenters. The Morgan fingerprint density at radius 1 is 0.889 bits per heavy atom. The van der Waals surface area contributed by atoms with Crippen molar-refractivity contribution in [3.05, 3.63) is 100 Å². The Morgan fingerprint density at radius 3 is 2.19 bits per heavy atom. The largest absolute Gasteiger partial charge is 0.494 e. The van der Waals surface area contributed by atoms with Crippen LogP contribution < -0.4 is 10.7 Å². The SMILES string of the molecule is CN1CCN(S(=O)(=O)c2ccc3[nH]c(O)c(C(=C4N=c5ccccc5=N4)c4ccccc4)c3c2)CC1. The third-order valence-electron chi connectivity index (χ3n) is 6.72. The van der Waals surface area contributed by atoms with Gasteiger partial charge < -0.3 is 15.0 Å². The van der Waals surface area contributed by atoms with Crippen molar-refractivity contribution in [1.82, 2.24) is 14.2 Å². The normalized spacial score (nSPS) is 16.5. The molecule has 0 amide bonds. The zero-order valence-electron chi connectivity index (χ0n) is 19.7. The number of benzene rings is 3. The molecule has 0 bridgehead atoms. The molecule has 0 radical (unpaired) electrons. The smallest absolute Gasteiger partial charge is 0.243 e. The van der Waals surface area contributed by atoms with Crippen LogP contribution in [0, 0.1) is 0 Å². The predicted octanol–water partition coefficient (Wildman–Crippen LogP) is 2.48. The number of fused-ring (bicyclic) bond motifs is 2. The summed E-state index contributed by atoms with van der Waals surface area (Å²) in [5.74, 6) is 0.401. The first kappa shape index (κ1) is 22.7. The van der Waals surface area contributed by atoms with E-state index in [1.807, 2.05) is 61.6 Å². The second-order valence-electron chi connectivity index (χ2n) is 9.04. The summed E-state index contributed by atoms with van der Waals surface area (Å²) in [6.07, 6.45) is 0. The van der Waals surface area contributed by atoms with E-state index in [4.69, 9.17) is 9.98 Å². The van der Waals surface area contributed by atoms with E-state index in [1.165, 1.54) is 4.31 Å². The van der Waals surface area contributed by atoms with Crippen LogP contribution in [0.1, 0.15) is 11.1 Å². The van der Waals surface area contributed by atoms with Gasteiger partial charge in [-0.05, 0) is 42.9 Å². The van der Waals surface area contributed by atoms with E-state index in [9.17, 15) is 13.5 Å². The van der Waals surface area contributed by atoms with Crippen molar-refractivity contribution in [1.29, 1.82) is 0 Å². The summed E-state index contributed by atoms with van der Waals surface area (Å²) >= 11 is 0. The highest BCUT2D eigenvalue weighted by molar-refractivity contribution is 7.89. The van der Waals surface area contributed by atoms with Gasteiger partial charge in [-0.15, -0.1) is 0 Å². The van der Waals surface area contributed by atoms with E-state index in [0.717, 1.165) is 16.3 Å². The van der Waals surface area contributed by atoms with E-state index in [1.54, 1.807) is 18.2 Å². The number of hydrogen-bond donors (Lipinski definition) is 2. The molecule has 3 aromatic carbocycles. The molecule has 6 rings (SSSR count). The van der Waals surface area contributed by atoms with Crippen LogP contribution in [0.25, 0.3) is 16.5 Å². The number of aromatic hydroxyl groups is 1. The minimum Gasteiger partial charge on any atom is -0.494 e. The van der Waals surface area contributed by atoms with Gasteiger partial charge in [0.05, 0.1) is 21.2 Å². The molecule has 0 aliphatic carbocycles. The lowest BCUT2D eigenvalue weighted by atomic mass is 9.97. The van der Waals surface area contributed by atoms with E-state index < -0.39 is 10.0 Å². The van der Waals surface area contributed by atoms with Crippen LogP contribution in [0.15, 0.2) is 93.5 Å². The number of piperazine rings is 1. The molecule has 3 heterocycles. The number of aromatic nitrogens is 1. The Kier molecular flexibility index (Phi) is 5.48. The molecule has 2 N–H and O–H groups in total. The van der Waals surface area contributed by atoms with Crippen molar-refractivity contribution in [3.63, 3.8) is 0 Å². The van der Waals surface area contributed by atoms with Crippen LogP contribution in [0.3, 0.4) is 0 Å². The summed E-state index contributed by atoms with van der Waals surface area (Å²) in [6.45, 7) is 2.26. The zero-order valence-corrected chi connectivity index (χ0v) is 20.5. The first-order valence-electron chi connectivity index (χ1n) is 11.8. The Bertz CT molecular complexity index is 1700. The molecule has 2 aliphatic rings. The number of sulfonamides is 1. The Labute approximate surface area is 208 Å². The van der Waals surface area contributed by atoms with E-state index in [0.29, 0.717) is 54.0 Å². The lowest BCUT2D eigenvalue weighted by molar-refractivity contribution is 0.222. The van der Waals surface area contributed by atoms with Crippen LogP contribution in [-0.4, -0.2) is 60.9 Å². The fourth-order valence-electron chi connectivity index (χ4n) is 4.76. The standard InChI is InChI=1S/C27H25N5O3S/c1-31-13-15-32(16-14-31)36(34,35)19-11-12-21-20(17-19)25(27(33)30-21)24(18-7-3-2-4-8-18)26-28-22-9-5-6-10-23(22)29-26/h2-12,17,30,33H,13-16H2,1H3. The van der Waals surface area contributed by atoms with Crippen LogP contribution in [0.5, 0.6) is 5.88 Å². The molecule has 1 aromatic heterocycles. The molecule has 8 nitrogen and oxygen atoms in total. The van der Waals surface area contributed by atoms with Crippen LogP contribution in [0.4, 0.5) is 0 Å². The Balaban J connectivity index is 1.57. The average Bonchev–Trinajstić information content (AvgIpc) is 3.45. The minimum atomic E-state index is -3.69. The second-order valence-corrected chi connectivity index (χ2v) is 11.0. The number of likely N-dealkylation sites (N-methyl/N-ethyl adjacent to an activating group) is 1. The van der Waals surface area contributed by atoms with Gasteiger partial charge in [0.25, 0.3) is 0 Å². The third kappa shape index (κ3) is 3.81. The second kappa shape index (κ2) is 8.70. The van der Waals surface area contributed by atoms with E-state index in [2.05, 4.69) is 9.88 Å². The molecule has 1 fully saturated rings. The lowest BCUT2D eigenvalue weighted by Crippen LogP contribution is -2.46. The van der Waals surface area contributed by atoms with Gasteiger partial charge in [-0.3, -0.25) is 0 Å². The summed E-state index contributed by atoms with van der Waals surface area (Å²) in [7, 11) is -1.70. The number of aromatic amines is 1. The fourth-order valence-corrected chi connectivity index (χ4v) is 6.21. The summed E-state index contributed by atoms with van der Waals surface area (Å²) in [5.41, 5.74) is 2.55.